The maximum absolute atomic E-state index is 12.5. The molecule has 2 aliphatic carbocycles. The van der Waals surface area contributed by atoms with E-state index in [9.17, 15) is 10.1 Å². The summed E-state index contributed by atoms with van der Waals surface area (Å²) in [5.41, 5.74) is 3.65. The Bertz CT molecular complexity index is 696. The number of nitriles is 1. The van der Waals surface area contributed by atoms with Crippen molar-refractivity contribution in [2.75, 3.05) is 6.54 Å². The molecule has 0 spiro atoms. The monoisotopic (exact) mass is 309 g/mol. The van der Waals surface area contributed by atoms with E-state index in [1.165, 1.54) is 6.42 Å². The fraction of sp³-hybridized carbons (Fsp3) is 0.579. The van der Waals surface area contributed by atoms with Gasteiger partial charge >= 0.3 is 0 Å². The second-order valence-corrected chi connectivity index (χ2v) is 7.94. The highest BCUT2D eigenvalue weighted by atomic mass is 16.2. The predicted octanol–water partition coefficient (Wildman–Crippen LogP) is 2.66. The Kier molecular flexibility index (Phi) is 2.93. The van der Waals surface area contributed by atoms with Gasteiger partial charge in [-0.15, -0.1) is 0 Å². The fourth-order valence-electron chi connectivity index (χ4n) is 5.62. The molecule has 1 saturated heterocycles. The van der Waals surface area contributed by atoms with Gasteiger partial charge < -0.3 is 0 Å². The number of carbonyl (C=O) groups is 1. The summed E-state index contributed by atoms with van der Waals surface area (Å²) in [5, 5.41) is 11.9. The van der Waals surface area contributed by atoms with E-state index in [1.54, 1.807) is 0 Å². The SMILES string of the molecule is C[C@]12CC[C@@H]3C[C@]1(C#N)N(NC(=O)Cc1ccccc1)C[C@@]32C. The van der Waals surface area contributed by atoms with Crippen LogP contribution in [0.15, 0.2) is 30.3 Å². The average molecular weight is 309 g/mol. The van der Waals surface area contributed by atoms with Crippen molar-refractivity contribution in [3.63, 3.8) is 0 Å². The largest absolute Gasteiger partial charge is 0.287 e. The van der Waals surface area contributed by atoms with E-state index in [2.05, 4.69) is 25.3 Å². The van der Waals surface area contributed by atoms with Gasteiger partial charge in [-0.05, 0) is 36.2 Å². The average Bonchev–Trinajstić information content (AvgIpc) is 2.97. The number of benzene rings is 1. The van der Waals surface area contributed by atoms with Gasteiger partial charge in [0.25, 0.3) is 0 Å². The van der Waals surface area contributed by atoms with Crippen LogP contribution in [0.5, 0.6) is 0 Å². The molecule has 2 saturated carbocycles. The lowest BCUT2D eigenvalue weighted by Gasteiger charge is -2.42. The molecule has 1 aliphatic heterocycles. The number of nitrogens with one attached hydrogen (secondary N) is 1. The van der Waals surface area contributed by atoms with Gasteiger partial charge in [0.05, 0.1) is 12.5 Å². The van der Waals surface area contributed by atoms with Crippen molar-refractivity contribution in [3.05, 3.63) is 35.9 Å². The van der Waals surface area contributed by atoms with E-state index < -0.39 is 5.54 Å². The third-order valence-electron chi connectivity index (χ3n) is 7.21. The number of nitrogens with zero attached hydrogens (tertiary/aromatic N) is 2. The van der Waals surface area contributed by atoms with Crippen molar-refractivity contribution in [2.45, 2.75) is 45.1 Å². The van der Waals surface area contributed by atoms with E-state index in [-0.39, 0.29) is 16.7 Å². The molecule has 4 bridgehead atoms. The fourth-order valence-corrected chi connectivity index (χ4v) is 5.62. The Labute approximate surface area is 137 Å². The number of amides is 1. The lowest BCUT2D eigenvalue weighted by molar-refractivity contribution is -0.128. The summed E-state index contributed by atoms with van der Waals surface area (Å²) in [4.78, 5) is 12.5. The molecule has 23 heavy (non-hydrogen) atoms. The minimum Gasteiger partial charge on any atom is -0.287 e. The van der Waals surface area contributed by atoms with Crippen LogP contribution in [0.2, 0.25) is 0 Å². The number of hydrogen-bond donors (Lipinski definition) is 1. The zero-order chi connectivity index (χ0) is 16.3. The third-order valence-corrected chi connectivity index (χ3v) is 7.21. The van der Waals surface area contributed by atoms with E-state index in [0.717, 1.165) is 24.9 Å². The van der Waals surface area contributed by atoms with Crippen LogP contribution in [0.3, 0.4) is 0 Å². The summed E-state index contributed by atoms with van der Waals surface area (Å²) in [6.45, 7) is 5.36. The van der Waals surface area contributed by atoms with Crippen LogP contribution in [0, 0.1) is 28.1 Å². The third kappa shape index (κ3) is 1.66. The first-order valence-electron chi connectivity index (χ1n) is 8.47. The number of piperidine rings is 1. The minimum absolute atomic E-state index is 0.0144. The summed E-state index contributed by atoms with van der Waals surface area (Å²) in [5.74, 6) is 0.593. The van der Waals surface area contributed by atoms with Crippen molar-refractivity contribution in [1.82, 2.24) is 10.4 Å². The molecule has 4 nitrogen and oxygen atoms in total. The molecule has 4 heteroatoms. The zero-order valence-corrected chi connectivity index (χ0v) is 13.8. The van der Waals surface area contributed by atoms with Crippen LogP contribution in [-0.2, 0) is 11.2 Å². The van der Waals surface area contributed by atoms with Crippen LogP contribution in [-0.4, -0.2) is 23.0 Å². The summed E-state index contributed by atoms with van der Waals surface area (Å²) < 4.78 is 0. The molecular formula is C19H23N3O. The molecule has 1 aromatic rings. The summed E-state index contributed by atoms with van der Waals surface area (Å²) in [7, 11) is 0. The molecule has 120 valence electrons. The van der Waals surface area contributed by atoms with Crippen molar-refractivity contribution >= 4 is 5.91 Å². The number of rotatable bonds is 3. The second kappa shape index (κ2) is 4.58. The number of hydrazine groups is 1. The summed E-state index contributed by atoms with van der Waals surface area (Å²) >= 11 is 0. The van der Waals surface area contributed by atoms with Crippen molar-refractivity contribution in [1.29, 1.82) is 5.26 Å². The topological polar surface area (TPSA) is 56.1 Å². The van der Waals surface area contributed by atoms with Gasteiger partial charge in [-0.25, -0.2) is 0 Å². The zero-order valence-electron chi connectivity index (χ0n) is 13.8. The Morgan fingerprint density at radius 1 is 1.39 bits per heavy atom. The lowest BCUT2D eigenvalue weighted by atomic mass is 9.66. The van der Waals surface area contributed by atoms with Gasteiger partial charge in [0.15, 0.2) is 0 Å². The number of carbonyl (C=O) groups excluding carboxylic acids is 1. The molecule has 4 rings (SSSR count). The van der Waals surface area contributed by atoms with Gasteiger partial charge in [0.2, 0.25) is 5.91 Å². The Morgan fingerprint density at radius 2 is 2.13 bits per heavy atom. The van der Waals surface area contributed by atoms with Crippen LogP contribution in [0.4, 0.5) is 0 Å². The second-order valence-electron chi connectivity index (χ2n) is 7.94. The molecule has 1 amide bonds. The highest BCUT2D eigenvalue weighted by Crippen LogP contribution is 2.75. The maximum Gasteiger partial charge on any atom is 0.238 e. The predicted molar refractivity (Wildman–Crippen MR) is 86.9 cm³/mol. The van der Waals surface area contributed by atoms with Gasteiger partial charge in [0.1, 0.15) is 5.54 Å². The molecule has 3 fully saturated rings. The smallest absolute Gasteiger partial charge is 0.238 e. The first-order valence-corrected chi connectivity index (χ1v) is 8.47. The quantitative estimate of drug-likeness (QED) is 0.934. The van der Waals surface area contributed by atoms with E-state index >= 15 is 0 Å². The molecule has 3 aliphatic rings. The van der Waals surface area contributed by atoms with Crippen LogP contribution < -0.4 is 5.43 Å². The summed E-state index contributed by atoms with van der Waals surface area (Å²) in [6.07, 6.45) is 3.56. The van der Waals surface area contributed by atoms with Gasteiger partial charge in [-0.2, -0.15) is 10.3 Å². The van der Waals surface area contributed by atoms with Gasteiger partial charge in [0, 0.05) is 12.0 Å². The molecule has 4 atom stereocenters. The normalized spacial score (nSPS) is 41.0. The Balaban J connectivity index is 1.55. The van der Waals surface area contributed by atoms with Crippen LogP contribution in [0.1, 0.15) is 38.7 Å². The van der Waals surface area contributed by atoms with Gasteiger partial charge in [-0.1, -0.05) is 44.2 Å². The first kappa shape index (κ1) is 14.7. The molecule has 1 aromatic carbocycles. The van der Waals surface area contributed by atoms with Crippen LogP contribution in [0.25, 0.3) is 0 Å². The maximum atomic E-state index is 12.5. The van der Waals surface area contributed by atoms with Gasteiger partial charge in [-0.3, -0.25) is 10.2 Å². The first-order chi connectivity index (χ1) is 11.0. The van der Waals surface area contributed by atoms with Crippen molar-refractivity contribution in [3.8, 4) is 6.07 Å². The van der Waals surface area contributed by atoms with E-state index in [0.29, 0.717) is 12.3 Å². The molecule has 0 aromatic heterocycles. The van der Waals surface area contributed by atoms with E-state index in [4.69, 9.17) is 0 Å². The molecular weight excluding hydrogens is 286 g/mol. The molecule has 0 radical (unpaired) electrons. The lowest BCUT2D eigenvalue weighted by Crippen LogP contribution is -2.59. The standard InChI is InChI=1S/C19H23N3O/c1-17-13-22(21-16(23)10-14-6-4-3-5-7-14)19(12-20)11-15(17)8-9-18(17,19)2/h3-7,15H,8-11,13H2,1-2H3,(H,21,23)/t15-,17+,18-,19-/m1/s1. The Hall–Kier alpha value is -1.86. The van der Waals surface area contributed by atoms with Crippen LogP contribution >= 0.6 is 0 Å². The Morgan fingerprint density at radius 3 is 2.78 bits per heavy atom. The minimum atomic E-state index is -0.531. The molecule has 1 heterocycles. The molecule has 0 unspecified atom stereocenters. The summed E-state index contributed by atoms with van der Waals surface area (Å²) in [6, 6.07) is 12.3. The number of hydrogen-bond acceptors (Lipinski definition) is 3. The highest BCUT2D eigenvalue weighted by molar-refractivity contribution is 5.78. The van der Waals surface area contributed by atoms with Crippen molar-refractivity contribution in [2.24, 2.45) is 16.7 Å². The molecule has 1 N–H and O–H groups in total. The van der Waals surface area contributed by atoms with Crippen molar-refractivity contribution < 1.29 is 4.79 Å². The highest BCUT2D eigenvalue weighted by Gasteiger charge is 2.78. The van der Waals surface area contributed by atoms with E-state index in [1.807, 2.05) is 35.3 Å².